The van der Waals surface area contributed by atoms with Crippen LogP contribution in [0.3, 0.4) is 0 Å². The molecule has 4 rings (SSSR count). The van der Waals surface area contributed by atoms with Gasteiger partial charge in [0.15, 0.2) is 0 Å². The highest BCUT2D eigenvalue weighted by molar-refractivity contribution is 6.06. The lowest BCUT2D eigenvalue weighted by Gasteiger charge is -1.99. The highest BCUT2D eigenvalue weighted by Crippen LogP contribution is 2.26. The van der Waals surface area contributed by atoms with E-state index in [-0.39, 0.29) is 0 Å². The number of halogens is 3. The second-order valence-electron chi connectivity index (χ2n) is 4.68. The molecule has 0 aliphatic rings. The van der Waals surface area contributed by atoms with Gasteiger partial charge in [0, 0.05) is 28.0 Å². The average molecular weight is 303 g/mol. The summed E-state index contributed by atoms with van der Waals surface area (Å²) in [5, 5.41) is 7.55. The van der Waals surface area contributed by atoms with Crippen LogP contribution in [0.1, 0.15) is 5.69 Å². The molecule has 2 N–H and O–H groups in total. The van der Waals surface area contributed by atoms with Gasteiger partial charge >= 0.3 is 6.18 Å². The molecule has 0 bridgehead atoms. The van der Waals surface area contributed by atoms with Crippen LogP contribution in [0.5, 0.6) is 0 Å². The maximum absolute atomic E-state index is 11.5. The number of nitrogens with zero attached hydrogens (tertiary/aromatic N) is 1. The molecule has 0 saturated carbocycles. The fraction of sp³-hybridized carbons (Fsp3) is 0.0625. The molecule has 112 valence electrons. The number of rotatable bonds is 0. The number of fused-ring (bicyclic) bond motifs is 3. The summed E-state index contributed by atoms with van der Waals surface area (Å²) >= 11 is 0. The van der Waals surface area contributed by atoms with Crippen molar-refractivity contribution in [2.24, 2.45) is 0 Å². The molecule has 3 nitrogen and oxygen atoms in total. The molecule has 2 heterocycles. The molecule has 22 heavy (non-hydrogen) atoms. The summed E-state index contributed by atoms with van der Waals surface area (Å²) in [4.78, 5) is 3.38. The third-order valence-electron chi connectivity index (χ3n) is 3.22. The molecule has 0 unspecified atom stereocenters. The minimum Gasteiger partial charge on any atom is -0.355 e. The number of para-hydroxylation sites is 2. The number of alkyl halides is 3. The first-order valence-corrected chi connectivity index (χ1v) is 6.58. The molecule has 0 aliphatic carbocycles. The highest BCUT2D eigenvalue weighted by atomic mass is 19.4. The van der Waals surface area contributed by atoms with Gasteiger partial charge in [-0.2, -0.15) is 18.3 Å². The highest BCUT2D eigenvalue weighted by Gasteiger charge is 2.31. The molecule has 2 aromatic carbocycles. The van der Waals surface area contributed by atoms with Gasteiger partial charge in [-0.05, 0) is 18.2 Å². The van der Waals surface area contributed by atoms with Gasteiger partial charge in [0.05, 0.1) is 0 Å². The number of aromatic nitrogens is 3. The van der Waals surface area contributed by atoms with Crippen LogP contribution in [0.2, 0.25) is 0 Å². The molecule has 0 atom stereocenters. The predicted octanol–water partition coefficient (Wildman–Crippen LogP) is 4.75. The normalized spacial score (nSPS) is 11.4. The van der Waals surface area contributed by atoms with Crippen LogP contribution in [0.15, 0.2) is 60.8 Å². The van der Waals surface area contributed by atoms with Crippen molar-refractivity contribution >= 4 is 21.8 Å². The van der Waals surface area contributed by atoms with Crippen LogP contribution in [-0.2, 0) is 6.18 Å². The van der Waals surface area contributed by atoms with Gasteiger partial charge in [0.2, 0.25) is 0 Å². The maximum Gasteiger partial charge on any atom is 0.432 e. The third kappa shape index (κ3) is 2.81. The van der Waals surface area contributed by atoms with E-state index >= 15 is 0 Å². The van der Waals surface area contributed by atoms with Crippen molar-refractivity contribution in [3.8, 4) is 0 Å². The van der Waals surface area contributed by atoms with Crippen LogP contribution in [0.4, 0.5) is 13.2 Å². The van der Waals surface area contributed by atoms with Gasteiger partial charge < -0.3 is 4.98 Å². The lowest BCUT2D eigenvalue weighted by molar-refractivity contribution is -0.141. The fourth-order valence-electron chi connectivity index (χ4n) is 2.21. The molecular weight excluding hydrogens is 291 g/mol. The first kappa shape index (κ1) is 14.2. The van der Waals surface area contributed by atoms with E-state index in [4.69, 9.17) is 0 Å². The summed E-state index contributed by atoms with van der Waals surface area (Å²) in [5.41, 5.74) is 1.61. The Balaban J connectivity index is 0.000000142. The molecule has 0 saturated heterocycles. The molecule has 4 aromatic rings. The van der Waals surface area contributed by atoms with Crippen molar-refractivity contribution in [3.05, 3.63) is 66.5 Å². The number of benzene rings is 2. The van der Waals surface area contributed by atoms with E-state index in [0.29, 0.717) is 0 Å². The lowest BCUT2D eigenvalue weighted by Crippen LogP contribution is -2.04. The Morgan fingerprint density at radius 2 is 1.32 bits per heavy atom. The van der Waals surface area contributed by atoms with Gasteiger partial charge in [-0.3, -0.25) is 5.10 Å². The van der Waals surface area contributed by atoms with Crippen LogP contribution >= 0.6 is 0 Å². The number of hydrogen-bond acceptors (Lipinski definition) is 1. The number of nitrogens with one attached hydrogen (secondary N) is 2. The second kappa shape index (κ2) is 5.55. The fourth-order valence-corrected chi connectivity index (χ4v) is 2.21. The molecule has 0 amide bonds. The number of aromatic amines is 2. The predicted molar refractivity (Wildman–Crippen MR) is 79.4 cm³/mol. The van der Waals surface area contributed by atoms with Gasteiger partial charge in [0.1, 0.15) is 5.69 Å². The minimum atomic E-state index is -4.30. The summed E-state index contributed by atoms with van der Waals surface area (Å²) in [6, 6.07) is 17.6. The Kier molecular flexibility index (Phi) is 3.58. The van der Waals surface area contributed by atoms with Crippen LogP contribution in [0, 0.1) is 0 Å². The zero-order valence-corrected chi connectivity index (χ0v) is 11.4. The van der Waals surface area contributed by atoms with Gasteiger partial charge in [0.25, 0.3) is 0 Å². The van der Waals surface area contributed by atoms with E-state index < -0.39 is 11.9 Å². The molecule has 2 aromatic heterocycles. The van der Waals surface area contributed by atoms with E-state index in [9.17, 15) is 13.2 Å². The Hall–Kier alpha value is -2.76. The zero-order chi connectivity index (χ0) is 15.6. The molecule has 0 aliphatic heterocycles. The first-order valence-electron chi connectivity index (χ1n) is 6.58. The Bertz CT molecular complexity index is 826. The molecule has 0 spiro atoms. The van der Waals surface area contributed by atoms with Crippen molar-refractivity contribution in [1.29, 1.82) is 0 Å². The summed E-state index contributed by atoms with van der Waals surface area (Å²) in [5.74, 6) is 0. The van der Waals surface area contributed by atoms with Crippen molar-refractivity contribution < 1.29 is 13.2 Å². The topological polar surface area (TPSA) is 44.5 Å². The van der Waals surface area contributed by atoms with E-state index in [1.54, 1.807) is 5.10 Å². The van der Waals surface area contributed by atoms with Gasteiger partial charge in [-0.25, -0.2) is 0 Å². The second-order valence-corrected chi connectivity index (χ2v) is 4.68. The summed E-state index contributed by atoms with van der Waals surface area (Å²) < 4.78 is 34.6. The molecule has 6 heteroatoms. The quantitative estimate of drug-likeness (QED) is 0.484. The van der Waals surface area contributed by atoms with E-state index in [2.05, 4.69) is 58.6 Å². The van der Waals surface area contributed by atoms with E-state index in [0.717, 1.165) is 12.3 Å². The van der Waals surface area contributed by atoms with Gasteiger partial charge in [-0.1, -0.05) is 36.4 Å². The monoisotopic (exact) mass is 303 g/mol. The van der Waals surface area contributed by atoms with Gasteiger partial charge in [-0.15, -0.1) is 0 Å². The molecular formula is C16H12F3N3. The van der Waals surface area contributed by atoms with E-state index in [1.807, 2.05) is 0 Å². The Morgan fingerprint density at radius 1 is 0.773 bits per heavy atom. The standard InChI is InChI=1S/C12H9N.C4H3F3N2/c1-3-7-11-9(5-1)10-6-2-4-8-12(10)13-11;5-4(6,7)3-1-2-8-9-3/h1-8,13H;1-2H,(H,8,9). The first-order chi connectivity index (χ1) is 10.6. The number of hydrogen-bond donors (Lipinski definition) is 2. The smallest absolute Gasteiger partial charge is 0.355 e. The number of H-pyrrole nitrogens is 2. The Morgan fingerprint density at radius 3 is 1.73 bits per heavy atom. The van der Waals surface area contributed by atoms with Crippen molar-refractivity contribution in [3.63, 3.8) is 0 Å². The minimum absolute atomic E-state index is 0.817. The lowest BCUT2D eigenvalue weighted by atomic mass is 10.2. The summed E-state index contributed by atoms with van der Waals surface area (Å²) in [6.45, 7) is 0. The van der Waals surface area contributed by atoms with E-state index in [1.165, 1.54) is 21.8 Å². The average Bonchev–Trinajstić information content (AvgIpc) is 3.15. The van der Waals surface area contributed by atoms with Crippen molar-refractivity contribution in [2.75, 3.05) is 0 Å². The van der Waals surface area contributed by atoms with Crippen molar-refractivity contribution in [1.82, 2.24) is 15.2 Å². The summed E-state index contributed by atoms with van der Waals surface area (Å²) in [6.07, 6.45) is -3.24. The maximum atomic E-state index is 11.5. The van der Waals surface area contributed by atoms with Crippen LogP contribution in [-0.4, -0.2) is 15.2 Å². The summed E-state index contributed by atoms with van der Waals surface area (Å²) in [7, 11) is 0. The SMILES string of the molecule is FC(F)(F)c1ccn[nH]1.c1ccc2c(c1)[nH]c1ccccc12. The third-order valence-corrected chi connectivity index (χ3v) is 3.22. The molecule has 0 radical (unpaired) electrons. The Labute approximate surface area is 123 Å². The van der Waals surface area contributed by atoms with Crippen molar-refractivity contribution in [2.45, 2.75) is 6.18 Å². The zero-order valence-electron chi connectivity index (χ0n) is 11.4. The van der Waals surface area contributed by atoms with Crippen LogP contribution < -0.4 is 0 Å². The molecule has 0 fully saturated rings. The van der Waals surface area contributed by atoms with Crippen LogP contribution in [0.25, 0.3) is 21.8 Å². The largest absolute Gasteiger partial charge is 0.432 e.